The van der Waals surface area contributed by atoms with E-state index in [1.165, 1.54) is 4.88 Å². The highest BCUT2D eigenvalue weighted by molar-refractivity contribution is 7.09. The number of carbonyl (C=O) groups excluding carboxylic acids is 1. The van der Waals surface area contributed by atoms with Gasteiger partial charge in [-0.05, 0) is 26.7 Å². The monoisotopic (exact) mass is 197 g/mol. The molecule has 0 radical (unpaired) electrons. The molecule has 0 aliphatic heterocycles. The van der Waals surface area contributed by atoms with Crippen molar-refractivity contribution in [3.05, 3.63) is 16.1 Å². The molecule has 0 aromatic carbocycles. The van der Waals surface area contributed by atoms with Crippen LogP contribution in [-0.2, 0) is 11.2 Å². The van der Waals surface area contributed by atoms with Crippen molar-refractivity contribution in [1.82, 2.24) is 4.98 Å². The number of rotatable bonds is 4. The van der Waals surface area contributed by atoms with Crippen LogP contribution in [0.4, 0.5) is 0 Å². The fourth-order valence-electron chi connectivity index (χ4n) is 1.12. The smallest absolute Gasteiger partial charge is 0.132 e. The molecule has 2 nitrogen and oxygen atoms in total. The van der Waals surface area contributed by atoms with Crippen molar-refractivity contribution >= 4 is 17.1 Å². The van der Waals surface area contributed by atoms with Crippen molar-refractivity contribution in [3.63, 3.8) is 0 Å². The van der Waals surface area contributed by atoms with E-state index in [2.05, 4.69) is 4.98 Å². The number of carbonyl (C=O) groups is 1. The molecule has 0 spiro atoms. The molecule has 0 saturated heterocycles. The first-order valence-corrected chi connectivity index (χ1v) is 5.38. The zero-order valence-electron chi connectivity index (χ0n) is 8.33. The third-order valence-electron chi connectivity index (χ3n) is 2.34. The van der Waals surface area contributed by atoms with E-state index >= 15 is 0 Å². The van der Waals surface area contributed by atoms with Gasteiger partial charge in [-0.3, -0.25) is 4.79 Å². The molecule has 1 heterocycles. The molecule has 1 aromatic heterocycles. The second-order valence-electron chi connectivity index (χ2n) is 3.41. The molecule has 0 aliphatic carbocycles. The van der Waals surface area contributed by atoms with Gasteiger partial charge in [0.1, 0.15) is 5.78 Å². The van der Waals surface area contributed by atoms with Crippen molar-refractivity contribution in [1.29, 1.82) is 0 Å². The highest BCUT2D eigenvalue weighted by atomic mass is 32.1. The average Bonchev–Trinajstić information content (AvgIpc) is 2.47. The minimum absolute atomic E-state index is 0.182. The molecule has 0 saturated carbocycles. The second kappa shape index (κ2) is 4.51. The van der Waals surface area contributed by atoms with Crippen LogP contribution < -0.4 is 0 Å². The highest BCUT2D eigenvalue weighted by Crippen LogP contribution is 2.17. The summed E-state index contributed by atoms with van der Waals surface area (Å²) in [5.74, 6) is 0.462. The zero-order chi connectivity index (χ0) is 9.84. The van der Waals surface area contributed by atoms with Crippen LogP contribution in [0.25, 0.3) is 0 Å². The lowest BCUT2D eigenvalue weighted by molar-refractivity contribution is -0.120. The fraction of sp³-hybridized carbons (Fsp3) is 0.600. The minimum atomic E-state index is 0.182. The SMILES string of the molecule is CC(=O)C(C)CCc1scnc1C. The molecule has 0 N–H and O–H groups in total. The van der Waals surface area contributed by atoms with Gasteiger partial charge in [0, 0.05) is 10.8 Å². The topological polar surface area (TPSA) is 30.0 Å². The number of ketones is 1. The molecule has 0 aliphatic rings. The Labute approximate surface area is 83.0 Å². The van der Waals surface area contributed by atoms with Gasteiger partial charge in [-0.25, -0.2) is 4.98 Å². The van der Waals surface area contributed by atoms with Crippen molar-refractivity contribution in [2.75, 3.05) is 0 Å². The number of aryl methyl sites for hydroxylation is 2. The molecule has 3 heteroatoms. The van der Waals surface area contributed by atoms with E-state index < -0.39 is 0 Å². The van der Waals surface area contributed by atoms with Crippen LogP contribution in [0.1, 0.15) is 30.8 Å². The summed E-state index contributed by atoms with van der Waals surface area (Å²) in [6, 6.07) is 0. The number of thiazole rings is 1. The molecule has 1 atom stereocenters. The van der Waals surface area contributed by atoms with Gasteiger partial charge in [0.2, 0.25) is 0 Å². The Kier molecular flexibility index (Phi) is 3.60. The lowest BCUT2D eigenvalue weighted by Gasteiger charge is -2.05. The predicted molar refractivity (Wildman–Crippen MR) is 55.0 cm³/mol. The predicted octanol–water partition coefficient (Wildman–Crippen LogP) is 2.61. The molecule has 0 amide bonds. The van der Waals surface area contributed by atoms with Gasteiger partial charge in [-0.15, -0.1) is 11.3 Å². The number of nitrogens with zero attached hydrogens (tertiary/aromatic N) is 1. The lowest BCUT2D eigenvalue weighted by Crippen LogP contribution is -2.07. The van der Waals surface area contributed by atoms with E-state index in [9.17, 15) is 4.79 Å². The molecule has 1 aromatic rings. The van der Waals surface area contributed by atoms with Crippen LogP contribution in [0.5, 0.6) is 0 Å². The van der Waals surface area contributed by atoms with Crippen molar-refractivity contribution in [3.8, 4) is 0 Å². The molecule has 1 rings (SSSR count). The molecule has 1 unspecified atom stereocenters. The van der Waals surface area contributed by atoms with Gasteiger partial charge in [-0.1, -0.05) is 6.92 Å². The van der Waals surface area contributed by atoms with Crippen LogP contribution in [0.3, 0.4) is 0 Å². The van der Waals surface area contributed by atoms with Crippen LogP contribution in [0.15, 0.2) is 5.51 Å². The van der Waals surface area contributed by atoms with Crippen molar-refractivity contribution < 1.29 is 4.79 Å². The minimum Gasteiger partial charge on any atom is -0.300 e. The number of aromatic nitrogens is 1. The Balaban J connectivity index is 2.44. The average molecular weight is 197 g/mol. The highest BCUT2D eigenvalue weighted by Gasteiger charge is 2.09. The van der Waals surface area contributed by atoms with E-state index in [4.69, 9.17) is 0 Å². The Morgan fingerprint density at radius 2 is 2.38 bits per heavy atom. The third kappa shape index (κ3) is 2.92. The van der Waals surface area contributed by atoms with Crippen LogP contribution in [0, 0.1) is 12.8 Å². The van der Waals surface area contributed by atoms with Crippen molar-refractivity contribution in [2.45, 2.75) is 33.6 Å². The molecule has 0 bridgehead atoms. The summed E-state index contributed by atoms with van der Waals surface area (Å²) in [5, 5.41) is 0. The Bertz CT molecular complexity index is 293. The Morgan fingerprint density at radius 1 is 1.69 bits per heavy atom. The third-order valence-corrected chi connectivity index (χ3v) is 3.34. The summed E-state index contributed by atoms with van der Waals surface area (Å²) < 4.78 is 0. The summed E-state index contributed by atoms with van der Waals surface area (Å²) >= 11 is 1.68. The Morgan fingerprint density at radius 3 is 2.85 bits per heavy atom. The van der Waals surface area contributed by atoms with E-state index in [0.29, 0.717) is 0 Å². The first-order valence-electron chi connectivity index (χ1n) is 4.50. The maximum absolute atomic E-state index is 11.0. The fourth-order valence-corrected chi connectivity index (χ4v) is 1.91. The van der Waals surface area contributed by atoms with Gasteiger partial charge in [0.15, 0.2) is 0 Å². The maximum atomic E-state index is 11.0. The number of Topliss-reactive ketones (excluding diaryl/α,β-unsaturated/α-hetero) is 1. The van der Waals surface area contributed by atoms with E-state index in [0.717, 1.165) is 18.5 Å². The molecule has 0 fully saturated rings. The first kappa shape index (κ1) is 10.4. The normalized spacial score (nSPS) is 12.8. The first-order chi connectivity index (χ1) is 6.11. The number of hydrogen-bond acceptors (Lipinski definition) is 3. The van der Waals surface area contributed by atoms with Gasteiger partial charge >= 0.3 is 0 Å². The van der Waals surface area contributed by atoms with Gasteiger partial charge in [-0.2, -0.15) is 0 Å². The van der Waals surface area contributed by atoms with E-state index in [1.807, 2.05) is 19.4 Å². The summed E-state index contributed by atoms with van der Waals surface area (Å²) in [7, 11) is 0. The van der Waals surface area contributed by atoms with Crippen molar-refractivity contribution in [2.24, 2.45) is 5.92 Å². The largest absolute Gasteiger partial charge is 0.300 e. The van der Waals surface area contributed by atoms with E-state index in [-0.39, 0.29) is 11.7 Å². The maximum Gasteiger partial charge on any atom is 0.132 e. The standard InChI is InChI=1S/C10H15NOS/c1-7(9(3)12)4-5-10-8(2)11-6-13-10/h6-7H,4-5H2,1-3H3. The zero-order valence-corrected chi connectivity index (χ0v) is 9.15. The van der Waals surface area contributed by atoms with E-state index in [1.54, 1.807) is 18.3 Å². The molecule has 13 heavy (non-hydrogen) atoms. The second-order valence-corrected chi connectivity index (χ2v) is 4.35. The van der Waals surface area contributed by atoms with Crippen LogP contribution in [0.2, 0.25) is 0 Å². The Hall–Kier alpha value is -0.700. The molecular formula is C10H15NOS. The number of hydrogen-bond donors (Lipinski definition) is 0. The van der Waals surface area contributed by atoms with Gasteiger partial charge in [0.25, 0.3) is 0 Å². The molecular weight excluding hydrogens is 182 g/mol. The van der Waals surface area contributed by atoms with Crippen LogP contribution in [-0.4, -0.2) is 10.8 Å². The van der Waals surface area contributed by atoms with Crippen LogP contribution >= 0.6 is 11.3 Å². The quantitative estimate of drug-likeness (QED) is 0.742. The summed E-state index contributed by atoms with van der Waals surface area (Å²) in [6.07, 6.45) is 1.93. The summed E-state index contributed by atoms with van der Waals surface area (Å²) in [5.41, 5.74) is 2.98. The van der Waals surface area contributed by atoms with Gasteiger partial charge < -0.3 is 0 Å². The van der Waals surface area contributed by atoms with Gasteiger partial charge in [0.05, 0.1) is 11.2 Å². The summed E-state index contributed by atoms with van der Waals surface area (Å²) in [6.45, 7) is 5.66. The summed E-state index contributed by atoms with van der Waals surface area (Å²) in [4.78, 5) is 16.5. The lowest BCUT2D eigenvalue weighted by atomic mass is 10.0. The molecule has 72 valence electrons.